The third kappa shape index (κ3) is 2.20. The molecule has 0 spiro atoms. The van der Waals surface area contributed by atoms with E-state index in [0.717, 1.165) is 29.2 Å². The molecule has 2 unspecified atom stereocenters. The van der Waals surface area contributed by atoms with Crippen LogP contribution in [0.3, 0.4) is 0 Å². The molecule has 1 heterocycles. The lowest BCUT2D eigenvalue weighted by Gasteiger charge is -2.00. The Morgan fingerprint density at radius 2 is 2.50 bits per heavy atom. The molecule has 14 heavy (non-hydrogen) atoms. The zero-order valence-corrected chi connectivity index (χ0v) is 10.0. The summed E-state index contributed by atoms with van der Waals surface area (Å²) in [6.45, 7) is 4.45. The Bertz CT molecular complexity index is 297. The molecule has 0 amide bonds. The second kappa shape index (κ2) is 4.49. The normalized spacial score (nSPS) is 25.3. The SMILES string of the molecule is CCCNCC1CC1c1occc1Br. The predicted molar refractivity (Wildman–Crippen MR) is 60.4 cm³/mol. The Morgan fingerprint density at radius 1 is 1.64 bits per heavy atom. The first-order valence-electron chi connectivity index (χ1n) is 5.26. The fourth-order valence-electron chi connectivity index (χ4n) is 1.83. The first-order valence-corrected chi connectivity index (χ1v) is 6.05. The van der Waals surface area contributed by atoms with Crippen LogP contribution in [-0.2, 0) is 0 Å². The van der Waals surface area contributed by atoms with Crippen LogP contribution in [0.25, 0.3) is 0 Å². The summed E-state index contributed by atoms with van der Waals surface area (Å²) in [6.07, 6.45) is 4.24. The summed E-state index contributed by atoms with van der Waals surface area (Å²) in [4.78, 5) is 0. The van der Waals surface area contributed by atoms with Gasteiger partial charge in [-0.15, -0.1) is 0 Å². The molecule has 2 rings (SSSR count). The van der Waals surface area contributed by atoms with Gasteiger partial charge in [-0.25, -0.2) is 0 Å². The average molecular weight is 258 g/mol. The van der Waals surface area contributed by atoms with Crippen molar-refractivity contribution in [1.29, 1.82) is 0 Å². The number of furan rings is 1. The van der Waals surface area contributed by atoms with Crippen LogP contribution >= 0.6 is 15.9 Å². The largest absolute Gasteiger partial charge is 0.468 e. The number of halogens is 1. The van der Waals surface area contributed by atoms with Crippen molar-refractivity contribution in [2.24, 2.45) is 5.92 Å². The highest BCUT2D eigenvalue weighted by Gasteiger charge is 2.41. The minimum atomic E-state index is 0.642. The van der Waals surface area contributed by atoms with Gasteiger partial charge in [0.2, 0.25) is 0 Å². The molecule has 1 saturated carbocycles. The van der Waals surface area contributed by atoms with Gasteiger partial charge in [0.05, 0.1) is 10.7 Å². The second-order valence-corrected chi connectivity index (χ2v) is 4.79. The van der Waals surface area contributed by atoms with E-state index in [2.05, 4.69) is 28.2 Å². The smallest absolute Gasteiger partial charge is 0.121 e. The van der Waals surface area contributed by atoms with Gasteiger partial charge < -0.3 is 9.73 Å². The van der Waals surface area contributed by atoms with Crippen molar-refractivity contribution in [2.45, 2.75) is 25.7 Å². The van der Waals surface area contributed by atoms with Crippen LogP contribution in [0, 0.1) is 5.92 Å². The van der Waals surface area contributed by atoms with Gasteiger partial charge in [-0.1, -0.05) is 6.92 Å². The molecule has 78 valence electrons. The van der Waals surface area contributed by atoms with Gasteiger partial charge in [0, 0.05) is 5.92 Å². The van der Waals surface area contributed by atoms with Crippen LogP contribution in [0.1, 0.15) is 31.4 Å². The van der Waals surface area contributed by atoms with Gasteiger partial charge >= 0.3 is 0 Å². The summed E-state index contributed by atoms with van der Waals surface area (Å²) in [6, 6.07) is 1.98. The fourth-order valence-corrected chi connectivity index (χ4v) is 2.32. The van der Waals surface area contributed by atoms with E-state index in [1.54, 1.807) is 6.26 Å². The van der Waals surface area contributed by atoms with Gasteiger partial charge in [-0.3, -0.25) is 0 Å². The number of hydrogen-bond acceptors (Lipinski definition) is 2. The maximum atomic E-state index is 5.45. The van der Waals surface area contributed by atoms with Crippen LogP contribution < -0.4 is 5.32 Å². The molecule has 0 saturated heterocycles. The van der Waals surface area contributed by atoms with Crippen molar-refractivity contribution in [3.63, 3.8) is 0 Å². The molecule has 3 heteroatoms. The van der Waals surface area contributed by atoms with E-state index < -0.39 is 0 Å². The lowest BCUT2D eigenvalue weighted by molar-refractivity contribution is 0.496. The topological polar surface area (TPSA) is 25.2 Å². The minimum absolute atomic E-state index is 0.642. The Hall–Kier alpha value is -0.280. The Balaban J connectivity index is 1.79. The second-order valence-electron chi connectivity index (χ2n) is 3.94. The molecule has 0 bridgehead atoms. The summed E-state index contributed by atoms with van der Waals surface area (Å²) >= 11 is 3.50. The maximum Gasteiger partial charge on any atom is 0.121 e. The van der Waals surface area contributed by atoms with E-state index in [9.17, 15) is 0 Å². The molecule has 1 aromatic rings. The lowest BCUT2D eigenvalue weighted by atomic mass is 10.2. The maximum absolute atomic E-state index is 5.45. The van der Waals surface area contributed by atoms with Crippen LogP contribution in [0.4, 0.5) is 0 Å². The first kappa shape index (κ1) is 10.2. The predicted octanol–water partition coefficient (Wildman–Crippen LogP) is 3.15. The van der Waals surface area contributed by atoms with Crippen molar-refractivity contribution in [1.82, 2.24) is 5.32 Å². The lowest BCUT2D eigenvalue weighted by Crippen LogP contribution is -2.17. The van der Waals surface area contributed by atoms with E-state index in [1.807, 2.05) is 6.07 Å². The molecular formula is C11H16BrNO. The van der Waals surface area contributed by atoms with Gasteiger partial charge in [-0.2, -0.15) is 0 Å². The van der Waals surface area contributed by atoms with Crippen molar-refractivity contribution in [3.05, 3.63) is 22.6 Å². The molecule has 2 atom stereocenters. The van der Waals surface area contributed by atoms with Crippen LogP contribution in [-0.4, -0.2) is 13.1 Å². The van der Waals surface area contributed by atoms with Crippen LogP contribution in [0.5, 0.6) is 0 Å². The molecule has 1 aromatic heterocycles. The van der Waals surface area contributed by atoms with Crippen molar-refractivity contribution >= 4 is 15.9 Å². The molecule has 1 N–H and O–H groups in total. The van der Waals surface area contributed by atoms with E-state index in [0.29, 0.717) is 5.92 Å². The number of rotatable bonds is 5. The zero-order chi connectivity index (χ0) is 9.97. The van der Waals surface area contributed by atoms with Gasteiger partial charge in [-0.05, 0) is 53.8 Å². The molecule has 1 aliphatic rings. The monoisotopic (exact) mass is 257 g/mol. The van der Waals surface area contributed by atoms with E-state index in [-0.39, 0.29) is 0 Å². The summed E-state index contributed by atoms with van der Waals surface area (Å²) < 4.78 is 6.58. The van der Waals surface area contributed by atoms with Gasteiger partial charge in [0.1, 0.15) is 5.76 Å². The number of nitrogens with one attached hydrogen (secondary N) is 1. The van der Waals surface area contributed by atoms with Crippen LogP contribution in [0.15, 0.2) is 21.2 Å². The third-order valence-corrected chi connectivity index (χ3v) is 3.39. The summed E-state index contributed by atoms with van der Waals surface area (Å²) in [5, 5.41) is 3.45. The number of hydrogen-bond donors (Lipinski definition) is 1. The minimum Gasteiger partial charge on any atom is -0.468 e. The Kier molecular flexibility index (Phi) is 3.29. The van der Waals surface area contributed by atoms with Crippen molar-refractivity contribution in [3.8, 4) is 0 Å². The Labute approximate surface area is 93.2 Å². The third-order valence-electron chi connectivity index (χ3n) is 2.74. The molecule has 0 aliphatic heterocycles. The standard InChI is InChI=1S/C11H16BrNO/c1-2-4-13-7-8-6-9(8)11-10(12)3-5-14-11/h3,5,8-9,13H,2,4,6-7H2,1H3. The van der Waals surface area contributed by atoms with E-state index in [1.165, 1.54) is 12.8 Å². The highest BCUT2D eigenvalue weighted by atomic mass is 79.9. The molecule has 0 aromatic carbocycles. The molecule has 1 aliphatic carbocycles. The highest BCUT2D eigenvalue weighted by Crippen LogP contribution is 2.49. The molecular weight excluding hydrogens is 242 g/mol. The van der Waals surface area contributed by atoms with Crippen molar-refractivity contribution < 1.29 is 4.42 Å². The molecule has 0 radical (unpaired) electrons. The molecule has 2 nitrogen and oxygen atoms in total. The van der Waals surface area contributed by atoms with Gasteiger partial charge in [0.25, 0.3) is 0 Å². The van der Waals surface area contributed by atoms with E-state index in [4.69, 9.17) is 4.42 Å². The van der Waals surface area contributed by atoms with Crippen molar-refractivity contribution in [2.75, 3.05) is 13.1 Å². The summed E-state index contributed by atoms with van der Waals surface area (Å²) in [5.74, 6) is 2.56. The quantitative estimate of drug-likeness (QED) is 0.821. The average Bonchev–Trinajstić information content (AvgIpc) is 2.81. The van der Waals surface area contributed by atoms with E-state index >= 15 is 0 Å². The zero-order valence-electron chi connectivity index (χ0n) is 8.42. The summed E-state index contributed by atoms with van der Waals surface area (Å²) in [5.41, 5.74) is 0. The fraction of sp³-hybridized carbons (Fsp3) is 0.636. The molecule has 1 fully saturated rings. The Morgan fingerprint density at radius 3 is 3.14 bits per heavy atom. The highest BCUT2D eigenvalue weighted by molar-refractivity contribution is 9.10. The van der Waals surface area contributed by atoms with Crippen LogP contribution in [0.2, 0.25) is 0 Å². The van der Waals surface area contributed by atoms with Gasteiger partial charge in [0.15, 0.2) is 0 Å². The summed E-state index contributed by atoms with van der Waals surface area (Å²) in [7, 11) is 0. The first-order chi connectivity index (χ1) is 6.83.